The third-order valence-corrected chi connectivity index (χ3v) is 4.88. The van der Waals surface area contributed by atoms with E-state index in [2.05, 4.69) is 0 Å². The lowest BCUT2D eigenvalue weighted by Crippen LogP contribution is -2.40. The number of rotatable bonds is 4. The molecule has 0 fully saturated rings. The van der Waals surface area contributed by atoms with E-state index in [4.69, 9.17) is 4.74 Å². The number of hydrogen-bond donors (Lipinski definition) is 1. The summed E-state index contributed by atoms with van der Waals surface area (Å²) in [5.74, 6) is -0.270. The van der Waals surface area contributed by atoms with E-state index in [0.29, 0.717) is 11.3 Å². The van der Waals surface area contributed by atoms with Gasteiger partial charge in [-0.05, 0) is 35.9 Å². The molecule has 27 heavy (non-hydrogen) atoms. The minimum atomic E-state index is -1.91. The monoisotopic (exact) mass is 363 g/mol. The number of anilines is 1. The van der Waals surface area contributed by atoms with Crippen molar-refractivity contribution >= 4 is 11.6 Å². The maximum atomic E-state index is 13.8. The molecule has 0 aromatic heterocycles. The average molecular weight is 363 g/mol. The number of aliphatic hydroxyl groups is 1. The van der Waals surface area contributed by atoms with Crippen molar-refractivity contribution in [3.63, 3.8) is 0 Å². The zero-order valence-electron chi connectivity index (χ0n) is 14.7. The smallest absolute Gasteiger partial charge is 0.268 e. The minimum Gasteiger partial charge on any atom is -0.497 e. The topological polar surface area (TPSA) is 49.8 Å². The molecule has 4 rings (SSSR count). The van der Waals surface area contributed by atoms with Gasteiger partial charge in [-0.3, -0.25) is 4.79 Å². The van der Waals surface area contributed by atoms with Crippen LogP contribution in [0, 0.1) is 5.82 Å². The summed E-state index contributed by atoms with van der Waals surface area (Å²) in [6, 6.07) is 20.0. The molecule has 0 spiro atoms. The standard InChI is InChI=1S/C22H18FNO3/c1-27-18-11-9-15(10-12-18)14-24-20-8-3-2-7-19(20)22(26,21(24)25)16-5-4-6-17(23)13-16/h2-13,26H,14H2,1H3/t22-/m1/s1. The van der Waals surface area contributed by atoms with Crippen LogP contribution in [-0.2, 0) is 16.9 Å². The number of ether oxygens (including phenoxy) is 1. The fourth-order valence-corrected chi connectivity index (χ4v) is 3.50. The summed E-state index contributed by atoms with van der Waals surface area (Å²) >= 11 is 0. The summed E-state index contributed by atoms with van der Waals surface area (Å²) < 4.78 is 18.9. The predicted octanol–water partition coefficient (Wildman–Crippen LogP) is 3.62. The second kappa shape index (κ2) is 6.52. The summed E-state index contributed by atoms with van der Waals surface area (Å²) in [5.41, 5.74) is 0.268. The van der Waals surface area contributed by atoms with Gasteiger partial charge in [0.1, 0.15) is 11.6 Å². The molecule has 0 saturated carbocycles. The Balaban J connectivity index is 1.77. The first-order chi connectivity index (χ1) is 13.0. The Morgan fingerprint density at radius 2 is 1.78 bits per heavy atom. The number of para-hydroxylation sites is 1. The number of halogens is 1. The molecule has 4 nitrogen and oxygen atoms in total. The molecule has 3 aromatic carbocycles. The van der Waals surface area contributed by atoms with Crippen molar-refractivity contribution in [3.8, 4) is 5.75 Å². The molecule has 1 atom stereocenters. The first-order valence-corrected chi connectivity index (χ1v) is 8.57. The van der Waals surface area contributed by atoms with Crippen LogP contribution in [-0.4, -0.2) is 18.1 Å². The molecule has 136 valence electrons. The van der Waals surface area contributed by atoms with Crippen molar-refractivity contribution in [1.82, 2.24) is 0 Å². The highest BCUT2D eigenvalue weighted by Gasteiger charge is 2.50. The Morgan fingerprint density at radius 1 is 1.04 bits per heavy atom. The van der Waals surface area contributed by atoms with Gasteiger partial charge in [-0.2, -0.15) is 0 Å². The number of amides is 1. The van der Waals surface area contributed by atoms with E-state index >= 15 is 0 Å². The largest absolute Gasteiger partial charge is 0.497 e. The molecule has 0 unspecified atom stereocenters. The second-order valence-corrected chi connectivity index (χ2v) is 6.48. The lowest BCUT2D eigenvalue weighted by Gasteiger charge is -2.24. The van der Waals surface area contributed by atoms with Crippen molar-refractivity contribution < 1.29 is 19.0 Å². The van der Waals surface area contributed by atoms with Crippen LogP contribution in [0.2, 0.25) is 0 Å². The van der Waals surface area contributed by atoms with Gasteiger partial charge < -0.3 is 14.7 Å². The van der Waals surface area contributed by atoms with Gasteiger partial charge in [0, 0.05) is 11.1 Å². The number of fused-ring (bicyclic) bond motifs is 1. The Hall–Kier alpha value is -3.18. The normalized spacial score (nSPS) is 18.5. The maximum Gasteiger partial charge on any atom is 0.268 e. The lowest BCUT2D eigenvalue weighted by molar-refractivity contribution is -0.132. The molecule has 3 aromatic rings. The first-order valence-electron chi connectivity index (χ1n) is 8.57. The summed E-state index contributed by atoms with van der Waals surface area (Å²) in [4.78, 5) is 14.8. The molecular weight excluding hydrogens is 345 g/mol. The number of hydrogen-bond acceptors (Lipinski definition) is 3. The van der Waals surface area contributed by atoms with Crippen LogP contribution >= 0.6 is 0 Å². The molecule has 0 aliphatic carbocycles. The van der Waals surface area contributed by atoms with Crippen LogP contribution in [0.3, 0.4) is 0 Å². The second-order valence-electron chi connectivity index (χ2n) is 6.48. The molecule has 0 bridgehead atoms. The van der Waals surface area contributed by atoms with E-state index in [1.165, 1.54) is 23.1 Å². The average Bonchev–Trinajstić information content (AvgIpc) is 2.92. The van der Waals surface area contributed by atoms with Gasteiger partial charge in [0.05, 0.1) is 19.3 Å². The van der Waals surface area contributed by atoms with Crippen LogP contribution in [0.15, 0.2) is 72.8 Å². The third kappa shape index (κ3) is 2.76. The van der Waals surface area contributed by atoms with Gasteiger partial charge in [0.2, 0.25) is 0 Å². The number of carbonyl (C=O) groups is 1. The predicted molar refractivity (Wildman–Crippen MR) is 100 cm³/mol. The Kier molecular flexibility index (Phi) is 4.16. The van der Waals surface area contributed by atoms with Crippen LogP contribution in [0.25, 0.3) is 0 Å². The highest BCUT2D eigenvalue weighted by Crippen LogP contribution is 2.45. The highest BCUT2D eigenvalue weighted by atomic mass is 19.1. The van der Waals surface area contributed by atoms with Gasteiger partial charge in [-0.25, -0.2) is 4.39 Å². The van der Waals surface area contributed by atoms with Gasteiger partial charge in [-0.15, -0.1) is 0 Å². The summed E-state index contributed by atoms with van der Waals surface area (Å²) in [5, 5.41) is 11.4. The van der Waals surface area contributed by atoms with Crippen molar-refractivity contribution in [2.24, 2.45) is 0 Å². The zero-order valence-corrected chi connectivity index (χ0v) is 14.7. The van der Waals surface area contributed by atoms with E-state index in [0.717, 1.165) is 11.3 Å². The van der Waals surface area contributed by atoms with E-state index in [1.54, 1.807) is 31.4 Å². The van der Waals surface area contributed by atoms with E-state index in [-0.39, 0.29) is 12.1 Å². The Bertz CT molecular complexity index is 1000. The Morgan fingerprint density at radius 3 is 2.48 bits per heavy atom. The molecule has 1 aliphatic heterocycles. The van der Waals surface area contributed by atoms with Crippen molar-refractivity contribution in [2.45, 2.75) is 12.1 Å². The summed E-state index contributed by atoms with van der Waals surface area (Å²) in [6.45, 7) is 0.289. The molecule has 0 saturated heterocycles. The molecule has 1 amide bonds. The van der Waals surface area contributed by atoms with Gasteiger partial charge >= 0.3 is 0 Å². The van der Waals surface area contributed by atoms with E-state index in [1.807, 2.05) is 30.3 Å². The fraction of sp³-hybridized carbons (Fsp3) is 0.136. The number of carbonyl (C=O) groups excluding carboxylic acids is 1. The Labute approximate surface area is 156 Å². The molecule has 0 radical (unpaired) electrons. The van der Waals surface area contributed by atoms with Crippen molar-refractivity contribution in [3.05, 3.63) is 95.3 Å². The fourth-order valence-electron chi connectivity index (χ4n) is 3.50. The highest BCUT2D eigenvalue weighted by molar-refractivity contribution is 6.09. The maximum absolute atomic E-state index is 13.8. The quantitative estimate of drug-likeness (QED) is 0.770. The number of methoxy groups -OCH3 is 1. The number of benzene rings is 3. The molecule has 5 heteroatoms. The summed E-state index contributed by atoms with van der Waals surface area (Å²) in [6.07, 6.45) is 0. The SMILES string of the molecule is COc1ccc(CN2C(=O)[C@@](O)(c3cccc(F)c3)c3ccccc32)cc1. The molecule has 1 heterocycles. The van der Waals surface area contributed by atoms with Gasteiger partial charge in [0.25, 0.3) is 5.91 Å². The zero-order chi connectivity index (χ0) is 19.0. The lowest BCUT2D eigenvalue weighted by atomic mass is 9.87. The van der Waals surface area contributed by atoms with Crippen LogP contribution in [0.1, 0.15) is 16.7 Å². The van der Waals surface area contributed by atoms with E-state index < -0.39 is 17.3 Å². The van der Waals surface area contributed by atoms with Gasteiger partial charge in [-0.1, -0.05) is 42.5 Å². The van der Waals surface area contributed by atoms with Crippen LogP contribution in [0.4, 0.5) is 10.1 Å². The van der Waals surface area contributed by atoms with Gasteiger partial charge in [0.15, 0.2) is 5.60 Å². The first kappa shape index (κ1) is 17.2. The molecule has 1 aliphatic rings. The minimum absolute atomic E-state index is 0.220. The van der Waals surface area contributed by atoms with Crippen molar-refractivity contribution in [1.29, 1.82) is 0 Å². The van der Waals surface area contributed by atoms with Crippen molar-refractivity contribution in [2.75, 3.05) is 12.0 Å². The van der Waals surface area contributed by atoms with E-state index in [9.17, 15) is 14.3 Å². The van der Waals surface area contributed by atoms with Crippen LogP contribution < -0.4 is 9.64 Å². The number of nitrogens with zero attached hydrogens (tertiary/aromatic N) is 1. The van der Waals surface area contributed by atoms with Crippen LogP contribution in [0.5, 0.6) is 5.75 Å². The molecular formula is C22H18FNO3. The molecule has 1 N–H and O–H groups in total. The summed E-state index contributed by atoms with van der Waals surface area (Å²) in [7, 11) is 1.59. The third-order valence-electron chi connectivity index (χ3n) is 4.88.